The lowest BCUT2D eigenvalue weighted by Crippen LogP contribution is -2.24. The zero-order valence-corrected chi connectivity index (χ0v) is 18.2. The number of hydrogen-bond donors (Lipinski definition) is 1. The summed E-state index contributed by atoms with van der Waals surface area (Å²) in [6.45, 7) is 3.95. The molecular formula is C25H21ClN2O3. The Morgan fingerprint density at radius 3 is 2.48 bits per heavy atom. The molecule has 0 aliphatic carbocycles. The number of rotatable bonds is 5. The molecule has 0 saturated carbocycles. The van der Waals surface area contributed by atoms with Crippen LogP contribution in [-0.4, -0.2) is 23.2 Å². The van der Waals surface area contributed by atoms with Gasteiger partial charge in [-0.3, -0.25) is 9.59 Å². The molecule has 31 heavy (non-hydrogen) atoms. The van der Waals surface area contributed by atoms with Crippen molar-refractivity contribution in [2.45, 2.75) is 13.8 Å². The van der Waals surface area contributed by atoms with Crippen molar-refractivity contribution in [1.82, 2.24) is 4.40 Å². The normalized spacial score (nSPS) is 10.8. The van der Waals surface area contributed by atoms with Gasteiger partial charge in [0.25, 0.3) is 11.7 Å². The van der Waals surface area contributed by atoms with Gasteiger partial charge in [0.15, 0.2) is 0 Å². The molecular weight excluding hydrogens is 412 g/mol. The van der Waals surface area contributed by atoms with Crippen LogP contribution in [0.1, 0.15) is 21.6 Å². The number of Topliss-reactive ketones (excluding diaryl/α,β-unsaturated/α-hetero) is 1. The largest absolute Gasteiger partial charge is 0.495 e. The van der Waals surface area contributed by atoms with Gasteiger partial charge in [0, 0.05) is 23.0 Å². The molecule has 156 valence electrons. The number of anilines is 1. The third-order valence-electron chi connectivity index (χ3n) is 5.33. The van der Waals surface area contributed by atoms with Gasteiger partial charge >= 0.3 is 0 Å². The lowest BCUT2D eigenvalue weighted by molar-refractivity contribution is -0.112. The minimum absolute atomic E-state index is 0.276. The summed E-state index contributed by atoms with van der Waals surface area (Å²) in [4.78, 5) is 26.2. The molecule has 4 rings (SSSR count). The van der Waals surface area contributed by atoms with Crippen LogP contribution in [-0.2, 0) is 4.79 Å². The average Bonchev–Trinajstić information content (AvgIpc) is 3.15. The molecule has 6 heteroatoms. The van der Waals surface area contributed by atoms with Crippen molar-refractivity contribution in [2.24, 2.45) is 0 Å². The van der Waals surface area contributed by atoms with Crippen molar-refractivity contribution in [3.05, 3.63) is 88.7 Å². The molecule has 0 aliphatic heterocycles. The summed E-state index contributed by atoms with van der Waals surface area (Å²) in [6.07, 6.45) is 1.76. The number of aryl methyl sites for hydroxylation is 2. The Balaban J connectivity index is 1.77. The Hall–Kier alpha value is -3.57. The number of aromatic nitrogens is 1. The van der Waals surface area contributed by atoms with Crippen LogP contribution >= 0.6 is 11.6 Å². The number of halogens is 1. The summed E-state index contributed by atoms with van der Waals surface area (Å²) < 4.78 is 6.94. The van der Waals surface area contributed by atoms with Crippen LogP contribution < -0.4 is 10.1 Å². The molecule has 0 unspecified atom stereocenters. The zero-order chi connectivity index (χ0) is 22.1. The highest BCUT2D eigenvalue weighted by Crippen LogP contribution is 2.34. The molecule has 0 aliphatic rings. The number of carbonyl (C=O) groups excluding carboxylic acids is 2. The SMILES string of the molecule is COc1ccc(-c2cc3ccccn3c2C(=O)C(=O)Nc2ccc(C)c(C)c2)cc1Cl. The molecule has 0 spiro atoms. The molecule has 0 bridgehead atoms. The maximum atomic E-state index is 13.3. The second-order valence-electron chi connectivity index (χ2n) is 7.33. The van der Waals surface area contributed by atoms with Crippen LogP contribution in [0, 0.1) is 13.8 Å². The highest BCUT2D eigenvalue weighted by atomic mass is 35.5. The molecule has 2 heterocycles. The lowest BCUT2D eigenvalue weighted by Gasteiger charge is -2.10. The molecule has 2 aromatic heterocycles. The standard InChI is InChI=1S/C25H21ClN2O3/c1-15-7-9-18(12-16(15)2)27-25(30)24(29)23-20(14-19-6-4-5-11-28(19)23)17-8-10-22(31-3)21(26)13-17/h4-14H,1-3H3,(H,27,30). The molecule has 0 saturated heterocycles. The number of carbonyl (C=O) groups is 2. The Bertz CT molecular complexity index is 1320. The van der Waals surface area contributed by atoms with E-state index in [1.807, 2.05) is 56.3 Å². The fourth-order valence-electron chi connectivity index (χ4n) is 3.52. The van der Waals surface area contributed by atoms with Crippen LogP contribution in [0.5, 0.6) is 5.75 Å². The van der Waals surface area contributed by atoms with Gasteiger partial charge in [-0.15, -0.1) is 0 Å². The maximum absolute atomic E-state index is 13.3. The van der Waals surface area contributed by atoms with Crippen molar-refractivity contribution < 1.29 is 14.3 Å². The van der Waals surface area contributed by atoms with Crippen molar-refractivity contribution in [1.29, 1.82) is 0 Å². The van der Waals surface area contributed by atoms with E-state index in [-0.39, 0.29) is 5.69 Å². The summed E-state index contributed by atoms with van der Waals surface area (Å²) in [5.74, 6) is -0.797. The fraction of sp³-hybridized carbons (Fsp3) is 0.120. The van der Waals surface area contributed by atoms with E-state index >= 15 is 0 Å². The van der Waals surface area contributed by atoms with Gasteiger partial charge in [0.1, 0.15) is 11.4 Å². The number of nitrogens with one attached hydrogen (secondary N) is 1. The number of amides is 1. The van der Waals surface area contributed by atoms with Gasteiger partial charge in [-0.1, -0.05) is 29.8 Å². The fourth-order valence-corrected chi connectivity index (χ4v) is 3.78. The van der Waals surface area contributed by atoms with Crippen molar-refractivity contribution in [3.63, 3.8) is 0 Å². The molecule has 4 aromatic rings. The Morgan fingerprint density at radius 2 is 1.77 bits per heavy atom. The summed E-state index contributed by atoms with van der Waals surface area (Å²) in [7, 11) is 1.54. The Labute approximate surface area is 185 Å². The van der Waals surface area contributed by atoms with Crippen molar-refractivity contribution >= 4 is 34.5 Å². The van der Waals surface area contributed by atoms with E-state index in [0.29, 0.717) is 22.0 Å². The number of ketones is 1. The molecule has 1 N–H and O–H groups in total. The van der Waals surface area contributed by atoms with E-state index in [1.54, 1.807) is 35.9 Å². The quantitative estimate of drug-likeness (QED) is 0.324. The molecule has 2 aromatic carbocycles. The average molecular weight is 433 g/mol. The van der Waals surface area contributed by atoms with Gasteiger partial charge in [0.05, 0.1) is 12.1 Å². The van der Waals surface area contributed by atoms with E-state index in [2.05, 4.69) is 5.32 Å². The maximum Gasteiger partial charge on any atom is 0.298 e. The second-order valence-corrected chi connectivity index (χ2v) is 7.74. The molecule has 0 atom stereocenters. The topological polar surface area (TPSA) is 59.8 Å². The van der Waals surface area contributed by atoms with Crippen LogP contribution in [0.2, 0.25) is 5.02 Å². The second kappa shape index (κ2) is 8.28. The molecule has 5 nitrogen and oxygen atoms in total. The number of ether oxygens (including phenoxy) is 1. The van der Waals surface area contributed by atoms with E-state index in [0.717, 1.165) is 22.2 Å². The van der Waals surface area contributed by atoms with Crippen molar-refractivity contribution in [3.8, 4) is 16.9 Å². The number of hydrogen-bond acceptors (Lipinski definition) is 3. The minimum Gasteiger partial charge on any atom is -0.495 e. The van der Waals surface area contributed by atoms with Gasteiger partial charge in [0.2, 0.25) is 0 Å². The Morgan fingerprint density at radius 1 is 0.968 bits per heavy atom. The van der Waals surface area contributed by atoms with E-state index in [4.69, 9.17) is 16.3 Å². The third kappa shape index (κ3) is 3.92. The number of pyridine rings is 1. The monoisotopic (exact) mass is 432 g/mol. The minimum atomic E-state index is -0.701. The van der Waals surface area contributed by atoms with E-state index < -0.39 is 11.7 Å². The Kier molecular flexibility index (Phi) is 5.53. The number of fused-ring (bicyclic) bond motifs is 1. The van der Waals surface area contributed by atoms with Crippen LogP contribution in [0.15, 0.2) is 66.9 Å². The summed E-state index contributed by atoms with van der Waals surface area (Å²) in [5, 5.41) is 3.15. The first-order valence-corrected chi connectivity index (χ1v) is 10.1. The van der Waals surface area contributed by atoms with Crippen LogP contribution in [0.25, 0.3) is 16.6 Å². The van der Waals surface area contributed by atoms with Crippen molar-refractivity contribution in [2.75, 3.05) is 12.4 Å². The predicted octanol–water partition coefficient (Wildman–Crippen LogP) is 5.71. The van der Waals surface area contributed by atoms with Crippen LogP contribution in [0.3, 0.4) is 0 Å². The number of nitrogens with zero attached hydrogens (tertiary/aromatic N) is 1. The summed E-state index contributed by atoms with van der Waals surface area (Å²) >= 11 is 6.31. The lowest BCUT2D eigenvalue weighted by atomic mass is 10.0. The predicted molar refractivity (Wildman–Crippen MR) is 123 cm³/mol. The number of benzene rings is 2. The third-order valence-corrected chi connectivity index (χ3v) is 5.62. The van der Waals surface area contributed by atoms with Gasteiger partial charge in [-0.2, -0.15) is 0 Å². The number of methoxy groups -OCH3 is 1. The summed E-state index contributed by atoms with van der Waals surface area (Å²) in [6, 6.07) is 18.3. The molecule has 0 fully saturated rings. The van der Waals surface area contributed by atoms with E-state index in [1.165, 1.54) is 0 Å². The van der Waals surface area contributed by atoms with Gasteiger partial charge in [-0.05, 0) is 73.0 Å². The first-order chi connectivity index (χ1) is 14.9. The molecule has 1 amide bonds. The highest BCUT2D eigenvalue weighted by Gasteiger charge is 2.25. The highest BCUT2D eigenvalue weighted by molar-refractivity contribution is 6.47. The summed E-state index contributed by atoms with van der Waals surface area (Å²) in [5.41, 5.74) is 5.14. The molecule has 0 radical (unpaired) electrons. The first-order valence-electron chi connectivity index (χ1n) is 9.76. The first kappa shape index (κ1) is 20.7. The van der Waals surface area contributed by atoms with Gasteiger partial charge < -0.3 is 14.5 Å². The van der Waals surface area contributed by atoms with Gasteiger partial charge in [-0.25, -0.2) is 0 Å². The van der Waals surface area contributed by atoms with Crippen LogP contribution in [0.4, 0.5) is 5.69 Å². The smallest absolute Gasteiger partial charge is 0.298 e. The zero-order valence-electron chi connectivity index (χ0n) is 17.4. The van der Waals surface area contributed by atoms with E-state index in [9.17, 15) is 9.59 Å².